The minimum absolute atomic E-state index is 0.999. The summed E-state index contributed by atoms with van der Waals surface area (Å²) in [5, 5.41) is 3.14. The zero-order chi connectivity index (χ0) is 11.4. The number of hydrogen-bond acceptors (Lipinski definition) is 2. The van der Waals surface area contributed by atoms with Gasteiger partial charge in [0.05, 0.1) is 0 Å². The van der Waals surface area contributed by atoms with Crippen molar-refractivity contribution in [1.82, 2.24) is 0 Å². The summed E-state index contributed by atoms with van der Waals surface area (Å²) in [7, 11) is 4.14. The second-order valence-corrected chi connectivity index (χ2v) is 4.80. The van der Waals surface area contributed by atoms with E-state index in [0.29, 0.717) is 0 Å². The zero-order valence-electron chi connectivity index (χ0n) is 10.4. The second kappa shape index (κ2) is 5.24. The molecule has 0 spiro atoms. The molecule has 2 rings (SSSR count). The van der Waals surface area contributed by atoms with E-state index < -0.39 is 0 Å². The molecule has 0 unspecified atom stereocenters. The smallest absolute Gasteiger partial charge is 0.0365 e. The maximum absolute atomic E-state index is 3.14. The Bertz CT molecular complexity index is 314. The predicted molar refractivity (Wildman–Crippen MR) is 71.2 cm³/mol. The molecule has 0 saturated heterocycles. The maximum Gasteiger partial charge on any atom is 0.0365 e. The van der Waals surface area contributed by atoms with Crippen LogP contribution in [0.3, 0.4) is 0 Å². The van der Waals surface area contributed by atoms with E-state index in [9.17, 15) is 0 Å². The Morgan fingerprint density at radius 1 is 1.25 bits per heavy atom. The van der Waals surface area contributed by atoms with Gasteiger partial charge in [0.1, 0.15) is 0 Å². The van der Waals surface area contributed by atoms with Crippen molar-refractivity contribution in [2.75, 3.05) is 30.9 Å². The summed E-state index contributed by atoms with van der Waals surface area (Å²) in [4.78, 5) is 2.36. The highest BCUT2D eigenvalue weighted by Gasteiger charge is 2.17. The van der Waals surface area contributed by atoms with Gasteiger partial charge in [0.2, 0.25) is 0 Å². The van der Waals surface area contributed by atoms with Gasteiger partial charge in [0.15, 0.2) is 0 Å². The number of benzene rings is 1. The molecule has 1 fully saturated rings. The molecule has 1 aliphatic carbocycles. The van der Waals surface area contributed by atoms with Gasteiger partial charge in [0.25, 0.3) is 0 Å². The van der Waals surface area contributed by atoms with Crippen molar-refractivity contribution in [3.63, 3.8) is 0 Å². The fraction of sp³-hybridized carbons (Fsp3) is 0.571. The van der Waals surface area contributed by atoms with Crippen molar-refractivity contribution in [2.45, 2.75) is 25.7 Å². The van der Waals surface area contributed by atoms with Crippen LogP contribution in [0.1, 0.15) is 25.7 Å². The number of hydrogen-bond donors (Lipinski definition) is 1. The molecular weight excluding hydrogens is 196 g/mol. The molecule has 1 N–H and O–H groups in total. The topological polar surface area (TPSA) is 15.3 Å². The molecule has 0 aliphatic heterocycles. The van der Waals surface area contributed by atoms with Crippen LogP contribution in [-0.4, -0.2) is 20.6 Å². The minimum Gasteiger partial charge on any atom is -0.388 e. The van der Waals surface area contributed by atoms with Crippen molar-refractivity contribution in [2.24, 2.45) is 5.92 Å². The van der Waals surface area contributed by atoms with Gasteiger partial charge in [-0.15, -0.1) is 0 Å². The lowest BCUT2D eigenvalue weighted by atomic mass is 9.83. The van der Waals surface area contributed by atoms with Gasteiger partial charge in [-0.2, -0.15) is 0 Å². The van der Waals surface area contributed by atoms with Crippen molar-refractivity contribution in [3.8, 4) is 0 Å². The molecule has 16 heavy (non-hydrogen) atoms. The minimum atomic E-state index is 0.999. The molecular formula is C14H22N2. The molecule has 1 saturated carbocycles. The van der Waals surface area contributed by atoms with E-state index in [0.717, 1.165) is 5.92 Å². The van der Waals surface area contributed by atoms with Gasteiger partial charge in [-0.1, -0.05) is 19.3 Å². The van der Waals surface area contributed by atoms with Gasteiger partial charge < -0.3 is 10.2 Å². The standard InChI is InChI=1S/C14H22N2/c1-15-13-6-8-14(9-7-13)16(2)11-10-12-4-3-5-12/h6-9,12,15H,3-5,10-11H2,1-2H3. The fourth-order valence-electron chi connectivity index (χ4n) is 2.17. The van der Waals surface area contributed by atoms with Gasteiger partial charge in [-0.25, -0.2) is 0 Å². The summed E-state index contributed by atoms with van der Waals surface area (Å²) in [5.74, 6) is 0.999. The van der Waals surface area contributed by atoms with Crippen LogP contribution < -0.4 is 10.2 Å². The lowest BCUT2D eigenvalue weighted by molar-refractivity contribution is 0.299. The Hall–Kier alpha value is -1.18. The van der Waals surface area contributed by atoms with Crippen LogP contribution in [0.25, 0.3) is 0 Å². The third-order valence-corrected chi connectivity index (χ3v) is 3.69. The highest BCUT2D eigenvalue weighted by atomic mass is 15.1. The Morgan fingerprint density at radius 2 is 1.94 bits per heavy atom. The van der Waals surface area contributed by atoms with E-state index in [2.05, 4.69) is 41.5 Å². The van der Waals surface area contributed by atoms with Crippen molar-refractivity contribution in [1.29, 1.82) is 0 Å². The van der Waals surface area contributed by atoms with Crippen molar-refractivity contribution >= 4 is 11.4 Å². The molecule has 1 aromatic carbocycles. The van der Waals surface area contributed by atoms with E-state index in [1.807, 2.05) is 7.05 Å². The fourth-order valence-corrected chi connectivity index (χ4v) is 2.17. The molecule has 0 aromatic heterocycles. The van der Waals surface area contributed by atoms with E-state index >= 15 is 0 Å². The first-order valence-electron chi connectivity index (χ1n) is 6.28. The highest BCUT2D eigenvalue weighted by molar-refractivity contribution is 5.54. The molecule has 2 nitrogen and oxygen atoms in total. The van der Waals surface area contributed by atoms with Crippen LogP contribution in [0.4, 0.5) is 11.4 Å². The van der Waals surface area contributed by atoms with Crippen molar-refractivity contribution in [3.05, 3.63) is 24.3 Å². The van der Waals surface area contributed by atoms with Crippen LogP contribution in [-0.2, 0) is 0 Å². The Morgan fingerprint density at radius 3 is 2.44 bits per heavy atom. The van der Waals surface area contributed by atoms with Gasteiger partial charge >= 0.3 is 0 Å². The highest BCUT2D eigenvalue weighted by Crippen LogP contribution is 2.29. The molecule has 0 atom stereocenters. The summed E-state index contributed by atoms with van der Waals surface area (Å²) in [6.45, 7) is 1.18. The van der Waals surface area contributed by atoms with Crippen molar-refractivity contribution < 1.29 is 0 Å². The largest absolute Gasteiger partial charge is 0.388 e. The van der Waals surface area contributed by atoms with E-state index in [1.165, 1.54) is 43.6 Å². The number of rotatable bonds is 5. The van der Waals surface area contributed by atoms with Crippen LogP contribution in [0.5, 0.6) is 0 Å². The average Bonchev–Trinajstić information content (AvgIpc) is 2.27. The first kappa shape index (κ1) is 11.3. The predicted octanol–water partition coefficient (Wildman–Crippen LogP) is 3.35. The number of nitrogens with one attached hydrogen (secondary N) is 1. The normalized spacial score (nSPS) is 15.6. The monoisotopic (exact) mass is 218 g/mol. The van der Waals surface area contributed by atoms with E-state index in [1.54, 1.807) is 0 Å². The van der Waals surface area contributed by atoms with Gasteiger partial charge in [-0.3, -0.25) is 0 Å². The summed E-state index contributed by atoms with van der Waals surface area (Å²) in [6, 6.07) is 8.64. The zero-order valence-corrected chi connectivity index (χ0v) is 10.4. The molecule has 2 heteroatoms. The van der Waals surface area contributed by atoms with Gasteiger partial charge in [-0.05, 0) is 36.6 Å². The first-order valence-corrected chi connectivity index (χ1v) is 6.28. The summed E-state index contributed by atoms with van der Waals surface area (Å²) in [5.41, 5.74) is 2.49. The molecule has 0 heterocycles. The second-order valence-electron chi connectivity index (χ2n) is 4.80. The quantitative estimate of drug-likeness (QED) is 0.815. The maximum atomic E-state index is 3.14. The Labute approximate surface area is 98.7 Å². The van der Waals surface area contributed by atoms with Crippen LogP contribution >= 0.6 is 0 Å². The molecule has 0 amide bonds. The lowest BCUT2D eigenvalue weighted by Crippen LogP contribution is -2.23. The number of anilines is 2. The Balaban J connectivity index is 1.84. The Kier molecular flexibility index (Phi) is 3.70. The summed E-state index contributed by atoms with van der Waals surface area (Å²) in [6.07, 6.45) is 5.70. The van der Waals surface area contributed by atoms with Crippen LogP contribution in [0.2, 0.25) is 0 Å². The molecule has 1 aliphatic rings. The number of nitrogens with zero attached hydrogens (tertiary/aromatic N) is 1. The first-order chi connectivity index (χ1) is 7.79. The SMILES string of the molecule is CNc1ccc(N(C)CCC2CCC2)cc1. The van der Waals surface area contributed by atoms with Gasteiger partial charge in [0, 0.05) is 32.0 Å². The van der Waals surface area contributed by atoms with Crippen LogP contribution in [0, 0.1) is 5.92 Å². The third-order valence-electron chi connectivity index (χ3n) is 3.69. The molecule has 1 aromatic rings. The molecule has 0 bridgehead atoms. The van der Waals surface area contributed by atoms with E-state index in [-0.39, 0.29) is 0 Å². The lowest BCUT2D eigenvalue weighted by Gasteiger charge is -2.28. The third kappa shape index (κ3) is 2.69. The molecule has 0 radical (unpaired) electrons. The van der Waals surface area contributed by atoms with Crippen LogP contribution in [0.15, 0.2) is 24.3 Å². The van der Waals surface area contributed by atoms with E-state index in [4.69, 9.17) is 0 Å². The molecule has 88 valence electrons. The summed E-state index contributed by atoms with van der Waals surface area (Å²) >= 11 is 0. The summed E-state index contributed by atoms with van der Waals surface area (Å²) < 4.78 is 0. The average molecular weight is 218 g/mol.